The van der Waals surface area contributed by atoms with E-state index in [9.17, 15) is 13.2 Å². The minimum atomic E-state index is -3.60. The molecule has 1 aliphatic heterocycles. The molecule has 8 heteroatoms. The molecule has 1 aliphatic rings. The zero-order valence-corrected chi connectivity index (χ0v) is 20.3. The molecule has 3 aromatic rings. The molecule has 0 unspecified atom stereocenters. The summed E-state index contributed by atoms with van der Waals surface area (Å²) in [6, 6.07) is 16.0. The molecule has 4 rings (SSSR count). The molecule has 2 heterocycles. The number of piperidine rings is 1. The number of esters is 1. The molecule has 174 valence electrons. The average molecular weight is 487 g/mol. The van der Waals surface area contributed by atoms with Crippen molar-refractivity contribution in [2.24, 2.45) is 0 Å². The van der Waals surface area contributed by atoms with Gasteiger partial charge in [-0.3, -0.25) is 0 Å². The molecule has 1 saturated heterocycles. The Hall–Kier alpha value is -2.61. The Morgan fingerprint density at radius 2 is 1.73 bits per heavy atom. The van der Waals surface area contributed by atoms with Crippen molar-refractivity contribution in [2.45, 2.75) is 38.0 Å². The fourth-order valence-corrected chi connectivity index (χ4v) is 5.91. The minimum Gasteiger partial charge on any atom is -0.462 e. The van der Waals surface area contributed by atoms with E-state index in [1.54, 1.807) is 47.6 Å². The number of halogens is 1. The highest BCUT2D eigenvalue weighted by Crippen LogP contribution is 2.32. The second-order valence-electron chi connectivity index (χ2n) is 8.05. The third-order valence-corrected chi connectivity index (χ3v) is 8.06. The summed E-state index contributed by atoms with van der Waals surface area (Å²) in [6.45, 7) is 4.94. The number of hydrogen-bond donors (Lipinski definition) is 0. The summed E-state index contributed by atoms with van der Waals surface area (Å²) in [6.07, 6.45) is 2.80. The summed E-state index contributed by atoms with van der Waals surface area (Å²) < 4.78 is 35.2. The van der Waals surface area contributed by atoms with Gasteiger partial charge in [-0.1, -0.05) is 36.2 Å². The molecule has 0 atom stereocenters. The van der Waals surface area contributed by atoms with Crippen LogP contribution in [0.1, 0.15) is 42.2 Å². The summed E-state index contributed by atoms with van der Waals surface area (Å²) in [7, 11) is -3.60. The Morgan fingerprint density at radius 1 is 1.03 bits per heavy atom. The van der Waals surface area contributed by atoms with Gasteiger partial charge >= 0.3 is 5.97 Å². The Labute approximate surface area is 199 Å². The maximum absolute atomic E-state index is 13.3. The number of benzene rings is 2. The summed E-state index contributed by atoms with van der Waals surface area (Å²) >= 11 is 6.08. The molecule has 2 aromatic carbocycles. The van der Waals surface area contributed by atoms with Gasteiger partial charge in [0.05, 0.1) is 22.8 Å². The van der Waals surface area contributed by atoms with Crippen LogP contribution in [0.4, 0.5) is 0 Å². The standard InChI is InChI=1S/C25H27ClN2O4S/c1-3-32-25(29)23-17-24(19-10-12-20(26)13-11-19)28(18(23)2)21-8-7-9-22(16-21)33(30,31)27-14-5-4-6-15-27/h7-13,16-17H,3-6,14-15H2,1-2H3. The summed E-state index contributed by atoms with van der Waals surface area (Å²) in [5.74, 6) is -0.416. The first-order chi connectivity index (χ1) is 15.8. The maximum Gasteiger partial charge on any atom is 0.339 e. The summed E-state index contributed by atoms with van der Waals surface area (Å²) in [5, 5.41) is 0.605. The number of carbonyl (C=O) groups is 1. The van der Waals surface area contributed by atoms with Gasteiger partial charge in [-0.25, -0.2) is 13.2 Å². The molecule has 0 spiro atoms. The molecule has 0 N–H and O–H groups in total. The number of hydrogen-bond acceptors (Lipinski definition) is 4. The highest BCUT2D eigenvalue weighted by atomic mass is 35.5. The van der Waals surface area contributed by atoms with Gasteiger partial charge in [-0.2, -0.15) is 4.31 Å². The second-order valence-corrected chi connectivity index (χ2v) is 10.4. The number of nitrogens with zero attached hydrogens (tertiary/aromatic N) is 2. The lowest BCUT2D eigenvalue weighted by atomic mass is 10.1. The van der Waals surface area contributed by atoms with Crippen molar-refractivity contribution in [1.82, 2.24) is 8.87 Å². The van der Waals surface area contributed by atoms with E-state index in [0.29, 0.717) is 35.1 Å². The van der Waals surface area contributed by atoms with Crippen LogP contribution in [0.2, 0.25) is 5.02 Å². The van der Waals surface area contributed by atoms with Gasteiger partial charge < -0.3 is 9.30 Å². The molecule has 1 fully saturated rings. The molecule has 1 aromatic heterocycles. The van der Waals surface area contributed by atoms with Gasteiger partial charge in [-0.05, 0) is 68.7 Å². The van der Waals surface area contributed by atoms with Crippen LogP contribution in [0.5, 0.6) is 0 Å². The van der Waals surface area contributed by atoms with E-state index in [4.69, 9.17) is 16.3 Å². The molecule has 0 radical (unpaired) electrons. The normalized spacial score (nSPS) is 14.9. The Balaban J connectivity index is 1.85. The second kappa shape index (κ2) is 9.71. The number of sulfonamides is 1. The van der Waals surface area contributed by atoms with Crippen LogP contribution in [0, 0.1) is 6.92 Å². The molecule has 0 amide bonds. The average Bonchev–Trinajstić information content (AvgIpc) is 3.17. The van der Waals surface area contributed by atoms with E-state index in [1.807, 2.05) is 29.7 Å². The van der Waals surface area contributed by atoms with Gasteiger partial charge in [0.25, 0.3) is 0 Å². The minimum absolute atomic E-state index is 0.245. The summed E-state index contributed by atoms with van der Waals surface area (Å²) in [5.41, 5.74) is 3.37. The van der Waals surface area contributed by atoms with Crippen LogP contribution in [0.25, 0.3) is 16.9 Å². The lowest BCUT2D eigenvalue weighted by Gasteiger charge is -2.26. The fourth-order valence-electron chi connectivity index (χ4n) is 4.23. The first kappa shape index (κ1) is 23.5. The molecule has 33 heavy (non-hydrogen) atoms. The van der Waals surface area contributed by atoms with Crippen molar-refractivity contribution in [3.8, 4) is 16.9 Å². The summed E-state index contributed by atoms with van der Waals surface area (Å²) in [4.78, 5) is 12.9. The highest BCUT2D eigenvalue weighted by molar-refractivity contribution is 7.89. The van der Waals surface area contributed by atoms with Gasteiger partial charge in [0.15, 0.2) is 0 Å². The zero-order valence-electron chi connectivity index (χ0n) is 18.8. The van der Waals surface area contributed by atoms with Crippen molar-refractivity contribution in [2.75, 3.05) is 19.7 Å². The van der Waals surface area contributed by atoms with Crippen LogP contribution in [0.3, 0.4) is 0 Å². The quantitative estimate of drug-likeness (QED) is 0.434. The van der Waals surface area contributed by atoms with Crippen LogP contribution in [-0.2, 0) is 14.8 Å². The third kappa shape index (κ3) is 4.71. The maximum atomic E-state index is 13.3. The van der Waals surface area contributed by atoms with E-state index >= 15 is 0 Å². The number of aromatic nitrogens is 1. The van der Waals surface area contributed by atoms with E-state index in [0.717, 1.165) is 30.5 Å². The van der Waals surface area contributed by atoms with Crippen LogP contribution in [-0.4, -0.2) is 43.0 Å². The predicted molar refractivity (Wildman–Crippen MR) is 130 cm³/mol. The van der Waals surface area contributed by atoms with Crippen molar-refractivity contribution >= 4 is 27.6 Å². The van der Waals surface area contributed by atoms with E-state index in [2.05, 4.69) is 0 Å². The van der Waals surface area contributed by atoms with Gasteiger partial charge in [0.2, 0.25) is 10.0 Å². The molecule has 6 nitrogen and oxygen atoms in total. The van der Waals surface area contributed by atoms with Gasteiger partial charge in [0.1, 0.15) is 0 Å². The van der Waals surface area contributed by atoms with Crippen molar-refractivity contribution in [1.29, 1.82) is 0 Å². The Bertz CT molecular complexity index is 1260. The van der Waals surface area contributed by atoms with E-state index < -0.39 is 16.0 Å². The van der Waals surface area contributed by atoms with Crippen molar-refractivity contribution in [3.05, 3.63) is 70.9 Å². The smallest absolute Gasteiger partial charge is 0.339 e. The largest absolute Gasteiger partial charge is 0.462 e. The van der Waals surface area contributed by atoms with Gasteiger partial charge in [-0.15, -0.1) is 0 Å². The molecular formula is C25H27ClN2O4S. The van der Waals surface area contributed by atoms with E-state index in [-0.39, 0.29) is 11.5 Å². The van der Waals surface area contributed by atoms with Crippen LogP contribution >= 0.6 is 11.6 Å². The van der Waals surface area contributed by atoms with Crippen LogP contribution in [0.15, 0.2) is 59.5 Å². The Morgan fingerprint density at radius 3 is 2.39 bits per heavy atom. The molecule has 0 aliphatic carbocycles. The Kier molecular flexibility index (Phi) is 6.93. The first-order valence-corrected chi connectivity index (χ1v) is 12.9. The van der Waals surface area contributed by atoms with Crippen molar-refractivity contribution < 1.29 is 17.9 Å². The monoisotopic (exact) mass is 486 g/mol. The number of rotatable bonds is 6. The molecule has 0 bridgehead atoms. The van der Waals surface area contributed by atoms with Crippen molar-refractivity contribution in [3.63, 3.8) is 0 Å². The molecular weight excluding hydrogens is 460 g/mol. The SMILES string of the molecule is CCOC(=O)c1cc(-c2ccc(Cl)cc2)n(-c2cccc(S(=O)(=O)N3CCCCC3)c2)c1C. The molecule has 0 saturated carbocycles. The lowest BCUT2D eigenvalue weighted by Crippen LogP contribution is -2.35. The fraction of sp³-hybridized carbons (Fsp3) is 0.320. The number of ether oxygens (including phenoxy) is 1. The van der Waals surface area contributed by atoms with Crippen LogP contribution < -0.4 is 0 Å². The lowest BCUT2D eigenvalue weighted by molar-refractivity contribution is 0.0525. The van der Waals surface area contributed by atoms with E-state index in [1.165, 1.54) is 0 Å². The topological polar surface area (TPSA) is 68.6 Å². The first-order valence-electron chi connectivity index (χ1n) is 11.1. The number of carbonyl (C=O) groups excluding carboxylic acids is 1. The third-order valence-electron chi connectivity index (χ3n) is 5.91. The van der Waals surface area contributed by atoms with Gasteiger partial charge in [0, 0.05) is 29.5 Å². The zero-order chi connectivity index (χ0) is 23.6. The highest BCUT2D eigenvalue weighted by Gasteiger charge is 2.27. The predicted octanol–water partition coefficient (Wildman–Crippen LogP) is 5.46.